The number of amides is 1. The van der Waals surface area contributed by atoms with Gasteiger partial charge in [-0.2, -0.15) is 0 Å². The van der Waals surface area contributed by atoms with Crippen LogP contribution in [-0.2, 0) is 6.54 Å². The second kappa shape index (κ2) is 5.03. The highest BCUT2D eigenvalue weighted by atomic mass is 35.5. The molecule has 6 heteroatoms. The van der Waals surface area contributed by atoms with E-state index < -0.39 is 0 Å². The summed E-state index contributed by atoms with van der Waals surface area (Å²) in [5, 5.41) is 1.74. The largest absolute Gasteiger partial charge is 0.467 e. The van der Waals surface area contributed by atoms with Crippen molar-refractivity contribution >= 4 is 28.4 Å². The summed E-state index contributed by atoms with van der Waals surface area (Å²) in [7, 11) is 0. The molecule has 1 aromatic carbocycles. The van der Waals surface area contributed by atoms with Crippen molar-refractivity contribution < 1.29 is 9.21 Å². The number of nitrogens with zero attached hydrogens (tertiary/aromatic N) is 1. The van der Waals surface area contributed by atoms with Gasteiger partial charge in [-0.3, -0.25) is 10.2 Å². The van der Waals surface area contributed by atoms with Crippen LogP contribution in [0.4, 0.5) is 0 Å². The summed E-state index contributed by atoms with van der Waals surface area (Å²) in [5.41, 5.74) is 3.51. The Morgan fingerprint density at radius 3 is 3.00 bits per heavy atom. The Hall–Kier alpha value is -2.24. The predicted molar refractivity (Wildman–Crippen MR) is 76.4 cm³/mol. The monoisotopic (exact) mass is 289 g/mol. The molecule has 3 N–H and O–H groups in total. The van der Waals surface area contributed by atoms with Crippen LogP contribution in [-0.4, -0.2) is 10.5 Å². The molecular weight excluding hydrogens is 278 g/mol. The number of benzene rings is 1. The van der Waals surface area contributed by atoms with E-state index in [1.807, 2.05) is 35.0 Å². The van der Waals surface area contributed by atoms with Crippen molar-refractivity contribution in [1.82, 2.24) is 9.99 Å². The van der Waals surface area contributed by atoms with Crippen molar-refractivity contribution in [1.29, 1.82) is 0 Å². The van der Waals surface area contributed by atoms with Crippen LogP contribution in [0.5, 0.6) is 0 Å². The maximum atomic E-state index is 11.6. The number of fused-ring (bicyclic) bond motifs is 1. The number of carbonyl (C=O) groups excluding carboxylic acids is 1. The molecule has 0 spiro atoms. The van der Waals surface area contributed by atoms with Crippen LogP contribution in [0.15, 0.2) is 47.2 Å². The Morgan fingerprint density at radius 1 is 1.35 bits per heavy atom. The standard InChI is InChI=1S/C14H12ClN3O2/c15-10-2-1-9-3-5-18(12(9)7-10)8-13-11(4-6-20-13)14(19)17-16/h1-7H,8,16H2,(H,17,19). The number of halogens is 1. The molecule has 0 radical (unpaired) electrons. The van der Waals surface area contributed by atoms with E-state index in [1.165, 1.54) is 6.26 Å². The fraction of sp³-hybridized carbons (Fsp3) is 0.0714. The topological polar surface area (TPSA) is 73.2 Å². The molecule has 0 aliphatic rings. The molecule has 0 fully saturated rings. The Kier molecular flexibility index (Phi) is 3.22. The Morgan fingerprint density at radius 2 is 2.20 bits per heavy atom. The predicted octanol–water partition coefficient (Wildman–Crippen LogP) is 2.54. The molecule has 1 amide bonds. The Bertz CT molecular complexity index is 776. The number of nitrogens with two attached hydrogens (primary N) is 1. The summed E-state index contributed by atoms with van der Waals surface area (Å²) in [5.74, 6) is 5.33. The molecule has 0 saturated carbocycles. The lowest BCUT2D eigenvalue weighted by Crippen LogP contribution is -2.30. The molecule has 0 aliphatic heterocycles. The molecule has 3 aromatic rings. The van der Waals surface area contributed by atoms with E-state index >= 15 is 0 Å². The summed E-state index contributed by atoms with van der Waals surface area (Å²) < 4.78 is 7.34. The molecular formula is C14H12ClN3O2. The fourth-order valence-electron chi connectivity index (χ4n) is 2.19. The lowest BCUT2D eigenvalue weighted by molar-refractivity contribution is 0.0951. The van der Waals surface area contributed by atoms with Gasteiger partial charge in [0, 0.05) is 16.7 Å². The van der Waals surface area contributed by atoms with Crippen molar-refractivity contribution in [3.63, 3.8) is 0 Å². The Balaban J connectivity index is 2.00. The average Bonchev–Trinajstić information content (AvgIpc) is 3.06. The molecule has 0 bridgehead atoms. The zero-order valence-electron chi connectivity index (χ0n) is 10.5. The van der Waals surface area contributed by atoms with Crippen LogP contribution in [0.2, 0.25) is 5.02 Å². The van der Waals surface area contributed by atoms with Crippen LogP contribution < -0.4 is 11.3 Å². The van der Waals surface area contributed by atoms with Crippen LogP contribution in [0, 0.1) is 0 Å². The van der Waals surface area contributed by atoms with Gasteiger partial charge in [-0.25, -0.2) is 5.84 Å². The fourth-order valence-corrected chi connectivity index (χ4v) is 2.36. The molecule has 102 valence electrons. The lowest BCUT2D eigenvalue weighted by Gasteiger charge is -2.05. The number of aromatic nitrogens is 1. The van der Waals surface area contributed by atoms with E-state index in [9.17, 15) is 4.79 Å². The number of nitrogen functional groups attached to an aromatic ring is 1. The molecule has 2 aromatic heterocycles. The van der Waals surface area contributed by atoms with Crippen LogP contribution >= 0.6 is 11.6 Å². The molecule has 5 nitrogen and oxygen atoms in total. The van der Waals surface area contributed by atoms with Gasteiger partial charge in [0.15, 0.2) is 0 Å². The summed E-state index contributed by atoms with van der Waals surface area (Å²) in [4.78, 5) is 11.6. The average molecular weight is 290 g/mol. The van der Waals surface area contributed by atoms with Gasteiger partial charge in [0.1, 0.15) is 5.76 Å². The van der Waals surface area contributed by atoms with Gasteiger partial charge >= 0.3 is 0 Å². The van der Waals surface area contributed by atoms with Crippen LogP contribution in [0.3, 0.4) is 0 Å². The number of furan rings is 1. The normalized spacial score (nSPS) is 10.9. The summed E-state index contributed by atoms with van der Waals surface area (Å²) in [6, 6.07) is 9.24. The van der Waals surface area contributed by atoms with E-state index in [4.69, 9.17) is 21.9 Å². The molecule has 0 atom stereocenters. The minimum atomic E-state index is -0.372. The first kappa shape index (κ1) is 12.8. The van der Waals surface area contributed by atoms with Gasteiger partial charge in [0.25, 0.3) is 5.91 Å². The summed E-state index contributed by atoms with van der Waals surface area (Å²) >= 11 is 6.02. The maximum Gasteiger partial charge on any atom is 0.268 e. The summed E-state index contributed by atoms with van der Waals surface area (Å²) in [6.07, 6.45) is 3.40. The number of hydrazine groups is 1. The van der Waals surface area contributed by atoms with Gasteiger partial charge in [-0.1, -0.05) is 17.7 Å². The van der Waals surface area contributed by atoms with E-state index in [-0.39, 0.29) is 5.91 Å². The van der Waals surface area contributed by atoms with Crippen LogP contribution in [0.1, 0.15) is 16.1 Å². The van der Waals surface area contributed by atoms with E-state index in [1.54, 1.807) is 6.07 Å². The number of rotatable bonds is 3. The van der Waals surface area contributed by atoms with Crippen molar-refractivity contribution in [2.24, 2.45) is 5.84 Å². The molecule has 20 heavy (non-hydrogen) atoms. The zero-order chi connectivity index (χ0) is 14.1. The SMILES string of the molecule is NNC(=O)c1ccoc1Cn1ccc2ccc(Cl)cc21. The molecule has 0 saturated heterocycles. The van der Waals surface area contributed by atoms with Gasteiger partial charge in [-0.05, 0) is 29.7 Å². The third-order valence-corrected chi connectivity index (χ3v) is 3.41. The minimum Gasteiger partial charge on any atom is -0.467 e. The smallest absolute Gasteiger partial charge is 0.268 e. The van der Waals surface area contributed by atoms with E-state index in [0.717, 1.165) is 10.9 Å². The van der Waals surface area contributed by atoms with Crippen molar-refractivity contribution in [2.75, 3.05) is 0 Å². The third kappa shape index (κ3) is 2.17. The van der Waals surface area contributed by atoms with Gasteiger partial charge in [0.2, 0.25) is 0 Å². The molecule has 0 unspecified atom stereocenters. The van der Waals surface area contributed by atoms with Crippen molar-refractivity contribution in [3.8, 4) is 0 Å². The number of hydrogen-bond donors (Lipinski definition) is 2. The minimum absolute atomic E-state index is 0.372. The van der Waals surface area contributed by atoms with E-state index in [0.29, 0.717) is 22.9 Å². The van der Waals surface area contributed by atoms with E-state index in [2.05, 4.69) is 5.43 Å². The highest BCUT2D eigenvalue weighted by Gasteiger charge is 2.14. The quantitative estimate of drug-likeness (QED) is 0.442. The van der Waals surface area contributed by atoms with Gasteiger partial charge in [-0.15, -0.1) is 0 Å². The number of carbonyl (C=O) groups is 1. The van der Waals surface area contributed by atoms with Crippen LogP contribution in [0.25, 0.3) is 10.9 Å². The third-order valence-electron chi connectivity index (χ3n) is 3.17. The Labute approximate surface area is 119 Å². The first-order chi connectivity index (χ1) is 9.69. The number of nitrogens with one attached hydrogen (secondary N) is 1. The maximum absolute atomic E-state index is 11.6. The van der Waals surface area contributed by atoms with Gasteiger partial charge < -0.3 is 8.98 Å². The highest BCUT2D eigenvalue weighted by Crippen LogP contribution is 2.22. The second-order valence-electron chi connectivity index (χ2n) is 4.38. The lowest BCUT2D eigenvalue weighted by atomic mass is 10.2. The highest BCUT2D eigenvalue weighted by molar-refractivity contribution is 6.31. The number of hydrogen-bond acceptors (Lipinski definition) is 3. The molecule has 0 aliphatic carbocycles. The van der Waals surface area contributed by atoms with Crippen molar-refractivity contribution in [2.45, 2.75) is 6.54 Å². The first-order valence-corrected chi connectivity index (χ1v) is 6.38. The summed E-state index contributed by atoms with van der Waals surface area (Å²) in [6.45, 7) is 0.430. The molecule has 2 heterocycles. The van der Waals surface area contributed by atoms with Crippen molar-refractivity contribution in [3.05, 3.63) is 59.1 Å². The first-order valence-electron chi connectivity index (χ1n) is 6.01. The zero-order valence-corrected chi connectivity index (χ0v) is 11.2. The molecule has 3 rings (SSSR count). The second-order valence-corrected chi connectivity index (χ2v) is 4.81. The van der Waals surface area contributed by atoms with Gasteiger partial charge in [0.05, 0.1) is 18.4 Å².